The van der Waals surface area contributed by atoms with Crippen LogP contribution in [0.3, 0.4) is 0 Å². The van der Waals surface area contributed by atoms with E-state index < -0.39 is 0 Å². The number of fused-ring (bicyclic) bond motifs is 1. The summed E-state index contributed by atoms with van der Waals surface area (Å²) in [6, 6.07) is 0. The van der Waals surface area contributed by atoms with Crippen molar-refractivity contribution in [2.24, 2.45) is 0 Å². The zero-order chi connectivity index (χ0) is 15.8. The van der Waals surface area contributed by atoms with Gasteiger partial charge in [-0.1, -0.05) is 11.6 Å². The van der Waals surface area contributed by atoms with E-state index in [9.17, 15) is 0 Å². The number of aromatic nitrogens is 4. The van der Waals surface area contributed by atoms with E-state index >= 15 is 0 Å². The molecule has 2 aliphatic carbocycles. The van der Waals surface area contributed by atoms with Crippen LogP contribution >= 0.6 is 0 Å². The topological polar surface area (TPSA) is 94.0 Å². The van der Waals surface area contributed by atoms with Crippen LogP contribution in [0.15, 0.2) is 4.52 Å². The van der Waals surface area contributed by atoms with Crippen molar-refractivity contribution in [2.45, 2.75) is 57.4 Å². The fraction of sp³-hybridized carbons (Fsp3) is 0.625. The molecule has 2 N–H and O–H groups in total. The van der Waals surface area contributed by atoms with Crippen LogP contribution in [0.1, 0.15) is 61.0 Å². The van der Waals surface area contributed by atoms with Crippen molar-refractivity contribution < 1.29 is 4.52 Å². The predicted octanol–water partition coefficient (Wildman–Crippen LogP) is 2.22. The molecule has 0 aromatic carbocycles. The van der Waals surface area contributed by atoms with Crippen LogP contribution in [0.5, 0.6) is 0 Å². The average Bonchev–Trinajstić information content (AvgIpc) is 2.92. The zero-order valence-corrected chi connectivity index (χ0v) is 13.5. The van der Waals surface area contributed by atoms with Crippen molar-refractivity contribution in [3.05, 3.63) is 23.0 Å². The van der Waals surface area contributed by atoms with E-state index in [0.29, 0.717) is 24.2 Å². The molecule has 0 atom stereocenters. The van der Waals surface area contributed by atoms with Gasteiger partial charge in [0.15, 0.2) is 5.82 Å². The maximum atomic E-state index is 5.88. The van der Waals surface area contributed by atoms with Crippen molar-refractivity contribution in [1.29, 1.82) is 0 Å². The maximum absolute atomic E-state index is 5.88. The number of nitrogens with zero attached hydrogens (tertiary/aromatic N) is 5. The molecule has 0 spiro atoms. The highest BCUT2D eigenvalue weighted by Crippen LogP contribution is 2.35. The summed E-state index contributed by atoms with van der Waals surface area (Å²) in [5.74, 6) is 3.20. The van der Waals surface area contributed by atoms with Crippen LogP contribution in [0.25, 0.3) is 0 Å². The Hall–Kier alpha value is -2.18. The van der Waals surface area contributed by atoms with Crippen molar-refractivity contribution in [3.8, 4) is 0 Å². The molecule has 2 heterocycles. The molecule has 0 saturated heterocycles. The van der Waals surface area contributed by atoms with Crippen LogP contribution in [0, 0.1) is 0 Å². The van der Waals surface area contributed by atoms with Gasteiger partial charge >= 0.3 is 0 Å². The van der Waals surface area contributed by atoms with Gasteiger partial charge in [-0.05, 0) is 38.5 Å². The zero-order valence-electron chi connectivity index (χ0n) is 13.5. The van der Waals surface area contributed by atoms with Gasteiger partial charge in [-0.2, -0.15) is 9.97 Å². The number of nitrogens with two attached hydrogens (primary N) is 1. The molecule has 0 unspecified atom stereocenters. The Labute approximate surface area is 135 Å². The second-order valence-corrected chi connectivity index (χ2v) is 6.57. The molecule has 2 aromatic heterocycles. The third-order valence-corrected chi connectivity index (χ3v) is 4.86. The minimum Gasteiger partial charge on any atom is -0.368 e. The lowest BCUT2D eigenvalue weighted by atomic mass is 9.85. The molecule has 4 rings (SSSR count). The summed E-state index contributed by atoms with van der Waals surface area (Å²) in [6.07, 6.45) is 7.92. The molecule has 0 amide bonds. The average molecular weight is 314 g/mol. The van der Waals surface area contributed by atoms with E-state index in [-0.39, 0.29) is 0 Å². The Kier molecular flexibility index (Phi) is 3.63. The van der Waals surface area contributed by atoms with E-state index in [1.165, 1.54) is 24.8 Å². The van der Waals surface area contributed by atoms with Crippen LogP contribution in [0.4, 0.5) is 11.8 Å². The number of hydrogen-bond donors (Lipinski definition) is 1. The molecule has 7 nitrogen and oxygen atoms in total. The minimum absolute atomic E-state index is 0.343. The minimum atomic E-state index is 0.343. The summed E-state index contributed by atoms with van der Waals surface area (Å²) in [5, 5.41) is 4.12. The van der Waals surface area contributed by atoms with Gasteiger partial charge in [-0.15, -0.1) is 0 Å². The predicted molar refractivity (Wildman–Crippen MR) is 86.1 cm³/mol. The van der Waals surface area contributed by atoms with Gasteiger partial charge in [0.2, 0.25) is 11.8 Å². The van der Waals surface area contributed by atoms with E-state index in [4.69, 9.17) is 10.3 Å². The van der Waals surface area contributed by atoms with Crippen molar-refractivity contribution >= 4 is 11.8 Å². The van der Waals surface area contributed by atoms with Gasteiger partial charge in [-0.3, -0.25) is 0 Å². The molecule has 0 radical (unpaired) electrons. The van der Waals surface area contributed by atoms with Crippen LogP contribution in [-0.2, 0) is 19.4 Å². The fourth-order valence-corrected chi connectivity index (χ4v) is 3.35. The second kappa shape index (κ2) is 5.79. The summed E-state index contributed by atoms with van der Waals surface area (Å²) >= 11 is 0. The monoisotopic (exact) mass is 314 g/mol. The number of rotatable bonds is 4. The summed E-state index contributed by atoms with van der Waals surface area (Å²) in [6.45, 7) is 0.569. The third-order valence-electron chi connectivity index (χ3n) is 4.86. The van der Waals surface area contributed by atoms with Gasteiger partial charge in [0, 0.05) is 18.5 Å². The largest absolute Gasteiger partial charge is 0.368 e. The lowest BCUT2D eigenvalue weighted by Crippen LogP contribution is -2.23. The lowest BCUT2D eigenvalue weighted by Gasteiger charge is -2.24. The summed E-state index contributed by atoms with van der Waals surface area (Å²) in [7, 11) is 2.00. The Morgan fingerprint density at radius 1 is 1.13 bits per heavy atom. The Bertz CT molecular complexity index is 709. The SMILES string of the molecule is CN(Cc1noc(C2CCC2)n1)c1nc(N)nc2c1CCCC2. The lowest BCUT2D eigenvalue weighted by molar-refractivity contribution is 0.291. The Morgan fingerprint density at radius 2 is 1.96 bits per heavy atom. The Balaban J connectivity index is 1.55. The van der Waals surface area contributed by atoms with Gasteiger partial charge in [0.05, 0.1) is 12.2 Å². The van der Waals surface area contributed by atoms with Crippen LogP contribution in [0.2, 0.25) is 0 Å². The second-order valence-electron chi connectivity index (χ2n) is 6.57. The smallest absolute Gasteiger partial charge is 0.229 e. The van der Waals surface area contributed by atoms with E-state index in [2.05, 4.69) is 25.0 Å². The highest BCUT2D eigenvalue weighted by atomic mass is 16.5. The number of nitrogen functional groups attached to an aromatic ring is 1. The van der Waals surface area contributed by atoms with Crippen LogP contribution < -0.4 is 10.6 Å². The molecule has 1 saturated carbocycles. The molecule has 2 aliphatic rings. The summed E-state index contributed by atoms with van der Waals surface area (Å²) in [5.41, 5.74) is 8.19. The van der Waals surface area contributed by atoms with Crippen LogP contribution in [-0.4, -0.2) is 27.2 Å². The van der Waals surface area contributed by atoms with E-state index in [1.54, 1.807) is 0 Å². The molecular formula is C16H22N6O. The normalized spacial score (nSPS) is 17.6. The number of hydrogen-bond acceptors (Lipinski definition) is 7. The Morgan fingerprint density at radius 3 is 2.74 bits per heavy atom. The number of aryl methyl sites for hydroxylation is 1. The third kappa shape index (κ3) is 2.75. The quantitative estimate of drug-likeness (QED) is 0.924. The van der Waals surface area contributed by atoms with Gasteiger partial charge in [0.25, 0.3) is 0 Å². The molecule has 0 aliphatic heterocycles. The first-order valence-electron chi connectivity index (χ1n) is 8.39. The van der Waals surface area contributed by atoms with Crippen molar-refractivity contribution in [2.75, 3.05) is 17.7 Å². The molecular weight excluding hydrogens is 292 g/mol. The first-order valence-corrected chi connectivity index (χ1v) is 8.39. The van der Waals surface area contributed by atoms with Crippen molar-refractivity contribution in [3.63, 3.8) is 0 Å². The molecule has 0 bridgehead atoms. The van der Waals surface area contributed by atoms with E-state index in [1.807, 2.05) is 7.05 Å². The summed E-state index contributed by atoms with van der Waals surface area (Å²) < 4.78 is 5.40. The standard InChI is InChI=1S/C16H22N6O/c1-22(9-13-19-15(23-21-13)10-5-4-6-10)14-11-7-2-3-8-12(11)18-16(17)20-14/h10H,2-9H2,1H3,(H2,17,18,20). The van der Waals surface area contributed by atoms with Gasteiger partial charge in [-0.25, -0.2) is 4.98 Å². The molecule has 2 aromatic rings. The number of anilines is 2. The highest BCUT2D eigenvalue weighted by molar-refractivity contribution is 5.52. The highest BCUT2D eigenvalue weighted by Gasteiger charge is 2.26. The molecule has 122 valence electrons. The first kappa shape index (κ1) is 14.4. The maximum Gasteiger partial charge on any atom is 0.229 e. The van der Waals surface area contributed by atoms with Crippen molar-refractivity contribution in [1.82, 2.24) is 20.1 Å². The fourth-order valence-electron chi connectivity index (χ4n) is 3.35. The summed E-state index contributed by atoms with van der Waals surface area (Å²) in [4.78, 5) is 15.4. The molecule has 1 fully saturated rings. The molecule has 7 heteroatoms. The first-order chi connectivity index (χ1) is 11.2. The van der Waals surface area contributed by atoms with E-state index in [0.717, 1.165) is 43.1 Å². The molecule has 23 heavy (non-hydrogen) atoms. The van der Waals surface area contributed by atoms with Gasteiger partial charge < -0.3 is 15.2 Å². The van der Waals surface area contributed by atoms with Gasteiger partial charge in [0.1, 0.15) is 5.82 Å².